The van der Waals surface area contributed by atoms with Crippen LogP contribution in [0, 0.1) is 0 Å². The van der Waals surface area contributed by atoms with Crippen LogP contribution in [0.1, 0.15) is 15.9 Å². The number of phenols is 1. The Morgan fingerprint density at radius 3 is 2.48 bits per heavy atom. The van der Waals surface area contributed by atoms with Gasteiger partial charge in [-0.05, 0) is 33.6 Å². The monoisotopic (exact) mass is 458 g/mol. The number of esters is 1. The number of aromatic hydroxyl groups is 1. The topological polar surface area (TPSA) is 80.7 Å². The van der Waals surface area contributed by atoms with Gasteiger partial charge in [0.05, 0.1) is 17.3 Å². The third-order valence-electron chi connectivity index (χ3n) is 2.86. The lowest BCUT2D eigenvalue weighted by Crippen LogP contribution is -2.06. The molecule has 0 spiro atoms. The van der Waals surface area contributed by atoms with Crippen LogP contribution in [0.2, 0.25) is 8.67 Å². The Labute approximate surface area is 154 Å². The van der Waals surface area contributed by atoms with Gasteiger partial charge >= 0.3 is 5.97 Å². The lowest BCUT2D eigenvalue weighted by Gasteiger charge is -2.07. The Morgan fingerprint density at radius 2 is 2.00 bits per heavy atom. The molecule has 0 saturated carbocycles. The number of hydrogen-bond donors (Lipinski definition) is 1. The summed E-state index contributed by atoms with van der Waals surface area (Å²) >= 11 is 15.9. The summed E-state index contributed by atoms with van der Waals surface area (Å²) < 4.78 is 30.0. The number of rotatable bonds is 4. The molecule has 0 atom stereocenters. The molecular weight excluding hydrogens is 451 g/mol. The van der Waals surface area contributed by atoms with Crippen LogP contribution in [0.4, 0.5) is 0 Å². The highest BCUT2D eigenvalue weighted by molar-refractivity contribution is 9.10. The number of benzene rings is 1. The van der Waals surface area contributed by atoms with Gasteiger partial charge in [-0.15, -0.1) is 11.3 Å². The number of halogens is 3. The molecule has 0 fully saturated rings. The average Bonchev–Trinajstić information content (AvgIpc) is 2.71. The second-order valence-corrected chi connectivity index (χ2v) is 9.34. The van der Waals surface area contributed by atoms with Gasteiger partial charge in [0.1, 0.15) is 24.9 Å². The standard InChI is InChI=1S/C13H9BrCl2O5S2/c1-21-13(18)7-3-2-6(4-8(7)17)5-23(19,20)10-9(14)11(15)22-12(10)16/h2-4,17H,5H2,1H3. The minimum Gasteiger partial charge on any atom is -0.507 e. The van der Waals surface area contributed by atoms with Crippen molar-refractivity contribution >= 4 is 66.3 Å². The number of ether oxygens (including phenoxy) is 1. The van der Waals surface area contributed by atoms with Crippen molar-refractivity contribution in [3.8, 4) is 5.75 Å². The van der Waals surface area contributed by atoms with Gasteiger partial charge in [0.25, 0.3) is 0 Å². The van der Waals surface area contributed by atoms with Crippen molar-refractivity contribution in [3.63, 3.8) is 0 Å². The Hall–Kier alpha value is -0.800. The van der Waals surface area contributed by atoms with Crippen LogP contribution in [0.5, 0.6) is 5.75 Å². The predicted octanol–water partition coefficient (Wildman–Crippen LogP) is 4.28. The lowest BCUT2D eigenvalue weighted by atomic mass is 10.1. The molecule has 0 aliphatic rings. The molecule has 1 aromatic heterocycles. The summed E-state index contributed by atoms with van der Waals surface area (Å²) in [5.74, 6) is -1.49. The molecule has 1 aromatic carbocycles. The van der Waals surface area contributed by atoms with E-state index in [2.05, 4.69) is 20.7 Å². The maximum absolute atomic E-state index is 12.5. The van der Waals surface area contributed by atoms with E-state index in [0.717, 1.165) is 11.3 Å². The fourth-order valence-corrected chi connectivity index (χ4v) is 6.95. The zero-order valence-electron chi connectivity index (χ0n) is 11.5. The maximum atomic E-state index is 12.5. The van der Waals surface area contributed by atoms with Gasteiger partial charge in [0, 0.05) is 0 Å². The molecule has 10 heteroatoms. The second kappa shape index (κ2) is 6.98. The van der Waals surface area contributed by atoms with Gasteiger partial charge in [-0.3, -0.25) is 0 Å². The fraction of sp³-hybridized carbons (Fsp3) is 0.154. The summed E-state index contributed by atoms with van der Waals surface area (Å²) in [7, 11) is -2.61. The van der Waals surface area contributed by atoms with Gasteiger partial charge in [0.15, 0.2) is 9.84 Å². The van der Waals surface area contributed by atoms with Crippen LogP contribution in [0.3, 0.4) is 0 Å². The van der Waals surface area contributed by atoms with Crippen molar-refractivity contribution in [2.24, 2.45) is 0 Å². The minimum absolute atomic E-state index is 0.0496. The van der Waals surface area contributed by atoms with E-state index in [4.69, 9.17) is 23.2 Å². The molecule has 2 rings (SSSR count). The van der Waals surface area contributed by atoms with E-state index in [-0.39, 0.29) is 29.4 Å². The van der Waals surface area contributed by atoms with E-state index in [1.54, 1.807) is 0 Å². The van der Waals surface area contributed by atoms with E-state index in [1.807, 2.05) is 0 Å². The zero-order valence-corrected chi connectivity index (χ0v) is 16.2. The predicted molar refractivity (Wildman–Crippen MR) is 92.4 cm³/mol. The molecule has 0 aliphatic heterocycles. The molecule has 23 heavy (non-hydrogen) atoms. The minimum atomic E-state index is -3.79. The van der Waals surface area contributed by atoms with Crippen molar-refractivity contribution in [1.82, 2.24) is 0 Å². The van der Waals surface area contributed by atoms with Crippen LogP contribution < -0.4 is 0 Å². The fourth-order valence-electron chi connectivity index (χ4n) is 1.85. The highest BCUT2D eigenvalue weighted by atomic mass is 79.9. The number of phenolic OH excluding ortho intramolecular Hbond substituents is 1. The Kier molecular flexibility index (Phi) is 5.63. The zero-order chi connectivity index (χ0) is 17.4. The number of thiophene rings is 1. The molecule has 0 saturated heterocycles. The highest BCUT2D eigenvalue weighted by Crippen LogP contribution is 2.44. The molecule has 1 heterocycles. The first kappa shape index (κ1) is 18.5. The summed E-state index contributed by atoms with van der Waals surface area (Å²) in [5, 5.41) is 9.82. The molecule has 0 radical (unpaired) electrons. The molecular formula is C13H9BrCl2O5S2. The molecule has 0 amide bonds. The lowest BCUT2D eigenvalue weighted by molar-refractivity contribution is 0.0597. The van der Waals surface area contributed by atoms with Crippen molar-refractivity contribution in [3.05, 3.63) is 42.5 Å². The van der Waals surface area contributed by atoms with Crippen LogP contribution in [0.15, 0.2) is 27.6 Å². The molecule has 1 N–H and O–H groups in total. The summed E-state index contributed by atoms with van der Waals surface area (Å²) in [4.78, 5) is 11.3. The van der Waals surface area contributed by atoms with Gasteiger partial charge in [0.2, 0.25) is 0 Å². The number of carbonyl (C=O) groups excluding carboxylic acids is 1. The van der Waals surface area contributed by atoms with Crippen molar-refractivity contribution in [2.75, 3.05) is 7.11 Å². The van der Waals surface area contributed by atoms with E-state index >= 15 is 0 Å². The first-order valence-electron chi connectivity index (χ1n) is 5.93. The number of sulfone groups is 1. The van der Waals surface area contributed by atoms with E-state index in [9.17, 15) is 18.3 Å². The first-order chi connectivity index (χ1) is 10.7. The summed E-state index contributed by atoms with van der Waals surface area (Å²) in [6, 6.07) is 3.90. The van der Waals surface area contributed by atoms with Crippen molar-refractivity contribution < 1.29 is 23.1 Å². The van der Waals surface area contributed by atoms with Crippen molar-refractivity contribution in [2.45, 2.75) is 10.6 Å². The van der Waals surface area contributed by atoms with Gasteiger partial charge in [-0.25, -0.2) is 13.2 Å². The quantitative estimate of drug-likeness (QED) is 0.690. The van der Waals surface area contributed by atoms with Crippen molar-refractivity contribution in [1.29, 1.82) is 0 Å². The Balaban J connectivity index is 2.38. The number of hydrogen-bond acceptors (Lipinski definition) is 6. The van der Waals surface area contributed by atoms with Crippen LogP contribution in [-0.4, -0.2) is 26.6 Å². The van der Waals surface area contributed by atoms with Gasteiger partial charge in [-0.1, -0.05) is 29.3 Å². The molecule has 0 aliphatic carbocycles. The highest BCUT2D eigenvalue weighted by Gasteiger charge is 2.27. The van der Waals surface area contributed by atoms with E-state index in [0.29, 0.717) is 5.56 Å². The average molecular weight is 460 g/mol. The Morgan fingerprint density at radius 1 is 1.35 bits per heavy atom. The molecule has 124 valence electrons. The smallest absolute Gasteiger partial charge is 0.341 e. The molecule has 5 nitrogen and oxygen atoms in total. The van der Waals surface area contributed by atoms with Gasteiger partial charge in [-0.2, -0.15) is 0 Å². The summed E-state index contributed by atoms with van der Waals surface area (Å²) in [6.45, 7) is 0. The van der Waals surface area contributed by atoms with Gasteiger partial charge < -0.3 is 9.84 Å². The SMILES string of the molecule is COC(=O)c1ccc(CS(=O)(=O)c2c(Cl)sc(Cl)c2Br)cc1O. The van der Waals surface area contributed by atoms with E-state index in [1.165, 1.54) is 25.3 Å². The normalized spacial score (nSPS) is 11.5. The van der Waals surface area contributed by atoms with Crippen LogP contribution in [0.25, 0.3) is 0 Å². The molecule has 2 aromatic rings. The third-order valence-corrected chi connectivity index (χ3v) is 8.00. The number of carbonyl (C=O) groups is 1. The summed E-state index contributed by atoms with van der Waals surface area (Å²) in [6.07, 6.45) is 0. The summed E-state index contributed by atoms with van der Waals surface area (Å²) in [5.41, 5.74) is 0.242. The first-order valence-corrected chi connectivity index (χ1v) is 9.95. The molecule has 0 unspecified atom stereocenters. The van der Waals surface area contributed by atoms with E-state index < -0.39 is 21.6 Å². The van der Waals surface area contributed by atoms with Crippen LogP contribution in [-0.2, 0) is 20.3 Å². The van der Waals surface area contributed by atoms with Crippen LogP contribution >= 0.6 is 50.5 Å². The molecule has 0 bridgehead atoms. The number of methoxy groups -OCH3 is 1. The Bertz CT molecular complexity index is 877. The maximum Gasteiger partial charge on any atom is 0.341 e. The largest absolute Gasteiger partial charge is 0.507 e. The second-order valence-electron chi connectivity index (χ2n) is 4.39. The third kappa shape index (κ3) is 3.83.